The van der Waals surface area contributed by atoms with Gasteiger partial charge in [-0.25, -0.2) is 0 Å². The van der Waals surface area contributed by atoms with Gasteiger partial charge in [0.25, 0.3) is 0 Å². The van der Waals surface area contributed by atoms with Gasteiger partial charge in [-0.1, -0.05) is 103 Å². The number of hydrogen-bond donors (Lipinski definition) is 0. The molecule has 0 saturated carbocycles. The maximum absolute atomic E-state index is 13.8. The zero-order valence-electron chi connectivity index (χ0n) is 21.0. The summed E-state index contributed by atoms with van der Waals surface area (Å²) in [6.45, 7) is 0. The fraction of sp³-hybridized carbons (Fsp3) is 0. The largest absolute Gasteiger partial charge is 0.311 e. The fourth-order valence-corrected chi connectivity index (χ4v) is 4.98. The molecule has 0 aliphatic heterocycles. The van der Waals surface area contributed by atoms with Gasteiger partial charge < -0.3 is 4.90 Å². The number of benzene rings is 5. The topological polar surface area (TPSA) is 54.5 Å². The Bertz CT molecular complexity index is 1680. The average molecular weight is 506 g/mol. The summed E-state index contributed by atoms with van der Waals surface area (Å²) in [7, 11) is 0. The maximum atomic E-state index is 13.8. The average Bonchev–Trinajstić information content (AvgIpc) is 3.01. The predicted molar refractivity (Wildman–Crippen MR) is 154 cm³/mol. The molecular weight excluding hydrogens is 482 g/mol. The molecule has 5 aromatic carbocycles. The quantitative estimate of drug-likeness (QED) is 0.174. The van der Waals surface area contributed by atoms with Gasteiger partial charge in [0.1, 0.15) is 0 Å². The first-order chi connectivity index (χ1) is 19.1. The molecule has 1 aliphatic rings. The van der Waals surface area contributed by atoms with Crippen molar-refractivity contribution in [2.24, 2.45) is 0 Å². The highest BCUT2D eigenvalue weighted by Gasteiger charge is 2.36. The monoisotopic (exact) mass is 505 g/mol. The lowest BCUT2D eigenvalue weighted by atomic mass is 9.78. The van der Waals surface area contributed by atoms with Crippen LogP contribution in [0.4, 0.5) is 17.1 Å². The van der Waals surface area contributed by atoms with Gasteiger partial charge in [-0.15, -0.1) is 0 Å². The molecule has 5 aromatic rings. The Labute approximate surface area is 226 Å². The van der Waals surface area contributed by atoms with Gasteiger partial charge in [-0.3, -0.25) is 14.4 Å². The number of fused-ring (bicyclic) bond motifs is 1. The summed E-state index contributed by atoms with van der Waals surface area (Å²) in [6.07, 6.45) is 0. The van der Waals surface area contributed by atoms with Crippen LogP contribution < -0.4 is 4.90 Å². The number of carbonyl (C=O) groups excluding carboxylic acids is 3. The second-order valence-corrected chi connectivity index (χ2v) is 9.20. The van der Waals surface area contributed by atoms with Crippen molar-refractivity contribution in [2.45, 2.75) is 0 Å². The van der Waals surface area contributed by atoms with Crippen molar-refractivity contribution in [3.8, 4) is 0 Å². The second-order valence-electron chi connectivity index (χ2n) is 9.20. The summed E-state index contributed by atoms with van der Waals surface area (Å²) in [4.78, 5) is 43.2. The lowest BCUT2D eigenvalue weighted by Crippen LogP contribution is -2.26. The standard InChI is InChI=1S/C35H23NO3/c37-33(25-12-4-1-5-13-25)32-31(34(38)29-18-10-11-19-30(29)35(32)39)24-20-22-28(23-21-24)36(26-14-6-2-7-15-26)27-16-8-3-9-17-27/h1-23H. The number of allylic oxidation sites excluding steroid dienone is 2. The molecule has 0 N–H and O–H groups in total. The second kappa shape index (κ2) is 10.2. The van der Waals surface area contributed by atoms with E-state index in [-0.39, 0.29) is 22.5 Å². The first-order valence-electron chi connectivity index (χ1n) is 12.7. The van der Waals surface area contributed by atoms with E-state index in [9.17, 15) is 14.4 Å². The molecule has 0 heterocycles. The fourth-order valence-electron chi connectivity index (χ4n) is 4.98. The molecule has 0 atom stereocenters. The van der Waals surface area contributed by atoms with Crippen LogP contribution in [0.2, 0.25) is 0 Å². The minimum absolute atomic E-state index is 0.0966. The summed E-state index contributed by atoms with van der Waals surface area (Å²) in [6, 6.07) is 42.7. The van der Waals surface area contributed by atoms with Crippen molar-refractivity contribution in [2.75, 3.05) is 4.90 Å². The molecule has 0 unspecified atom stereocenters. The maximum Gasteiger partial charge on any atom is 0.198 e. The smallest absolute Gasteiger partial charge is 0.198 e. The number of carbonyl (C=O) groups is 3. The van der Waals surface area contributed by atoms with E-state index in [2.05, 4.69) is 4.90 Å². The van der Waals surface area contributed by atoms with E-state index in [1.165, 1.54) is 0 Å². The number of ketones is 3. The van der Waals surface area contributed by atoms with Crippen LogP contribution in [0.15, 0.2) is 145 Å². The third-order valence-electron chi connectivity index (χ3n) is 6.83. The summed E-state index contributed by atoms with van der Waals surface area (Å²) in [5, 5.41) is 0. The normalized spacial score (nSPS) is 12.7. The van der Waals surface area contributed by atoms with E-state index in [1.807, 2.05) is 72.8 Å². The van der Waals surface area contributed by atoms with Crippen LogP contribution in [0.5, 0.6) is 0 Å². The lowest BCUT2D eigenvalue weighted by molar-refractivity contribution is 0.0940. The van der Waals surface area contributed by atoms with Crippen molar-refractivity contribution < 1.29 is 14.4 Å². The Kier molecular flexibility index (Phi) is 6.28. The molecule has 186 valence electrons. The molecule has 0 amide bonds. The van der Waals surface area contributed by atoms with Crippen molar-refractivity contribution in [3.63, 3.8) is 0 Å². The van der Waals surface area contributed by atoms with Crippen LogP contribution >= 0.6 is 0 Å². The molecular formula is C35H23NO3. The minimum Gasteiger partial charge on any atom is -0.311 e. The molecule has 0 radical (unpaired) electrons. The van der Waals surface area contributed by atoms with E-state index in [0.29, 0.717) is 16.7 Å². The Balaban J connectivity index is 1.49. The van der Waals surface area contributed by atoms with Crippen LogP contribution in [0.1, 0.15) is 36.6 Å². The molecule has 0 bridgehead atoms. The minimum atomic E-state index is -0.460. The third-order valence-corrected chi connectivity index (χ3v) is 6.83. The van der Waals surface area contributed by atoms with Crippen LogP contribution in [0, 0.1) is 0 Å². The molecule has 4 heteroatoms. The van der Waals surface area contributed by atoms with Gasteiger partial charge >= 0.3 is 0 Å². The number of para-hydroxylation sites is 2. The Morgan fingerprint density at radius 1 is 0.462 bits per heavy atom. The number of rotatable bonds is 6. The zero-order chi connectivity index (χ0) is 26.8. The number of anilines is 3. The highest BCUT2D eigenvalue weighted by Crippen LogP contribution is 2.38. The predicted octanol–water partition coefficient (Wildman–Crippen LogP) is 7.87. The van der Waals surface area contributed by atoms with Crippen LogP contribution in [-0.2, 0) is 0 Å². The van der Waals surface area contributed by atoms with Gasteiger partial charge in [0, 0.05) is 39.3 Å². The summed E-state index contributed by atoms with van der Waals surface area (Å²) in [5.74, 6) is -1.23. The van der Waals surface area contributed by atoms with E-state index in [1.54, 1.807) is 66.7 Å². The number of nitrogens with zero attached hydrogens (tertiary/aromatic N) is 1. The zero-order valence-corrected chi connectivity index (χ0v) is 21.0. The molecule has 39 heavy (non-hydrogen) atoms. The first kappa shape index (κ1) is 24.0. The SMILES string of the molecule is O=C(C1=C(c2ccc(N(c3ccccc3)c3ccccc3)cc2)C(=O)c2ccccc2C1=O)c1ccccc1. The molecule has 4 nitrogen and oxygen atoms in total. The Morgan fingerprint density at radius 3 is 1.44 bits per heavy atom. The van der Waals surface area contributed by atoms with E-state index >= 15 is 0 Å². The Morgan fingerprint density at radius 2 is 0.897 bits per heavy atom. The number of Topliss-reactive ketones (excluding diaryl/α,β-unsaturated/α-hetero) is 3. The van der Waals surface area contributed by atoms with Gasteiger partial charge in [-0.05, 0) is 42.0 Å². The van der Waals surface area contributed by atoms with Crippen LogP contribution in [-0.4, -0.2) is 17.3 Å². The molecule has 0 saturated heterocycles. The molecule has 1 aliphatic carbocycles. The summed E-state index contributed by atoms with van der Waals surface area (Å²) < 4.78 is 0. The van der Waals surface area contributed by atoms with Crippen LogP contribution in [0.3, 0.4) is 0 Å². The van der Waals surface area contributed by atoms with Gasteiger partial charge in [0.2, 0.25) is 0 Å². The van der Waals surface area contributed by atoms with E-state index in [4.69, 9.17) is 0 Å². The van der Waals surface area contributed by atoms with Crippen LogP contribution in [0.25, 0.3) is 5.57 Å². The summed E-state index contributed by atoms with van der Waals surface area (Å²) in [5.41, 5.74) is 4.31. The molecule has 6 rings (SSSR count). The first-order valence-corrected chi connectivity index (χ1v) is 12.7. The van der Waals surface area contributed by atoms with Crippen molar-refractivity contribution in [3.05, 3.63) is 167 Å². The van der Waals surface area contributed by atoms with E-state index in [0.717, 1.165) is 17.1 Å². The van der Waals surface area contributed by atoms with Crippen molar-refractivity contribution in [1.29, 1.82) is 0 Å². The molecule has 0 spiro atoms. The molecule has 0 fully saturated rings. The van der Waals surface area contributed by atoms with E-state index < -0.39 is 11.6 Å². The van der Waals surface area contributed by atoms with Gasteiger partial charge in [0.05, 0.1) is 5.57 Å². The van der Waals surface area contributed by atoms with Gasteiger partial charge in [-0.2, -0.15) is 0 Å². The molecule has 0 aromatic heterocycles. The van der Waals surface area contributed by atoms with Crippen molar-refractivity contribution in [1.82, 2.24) is 0 Å². The van der Waals surface area contributed by atoms with Crippen molar-refractivity contribution >= 4 is 40.0 Å². The third kappa shape index (κ3) is 4.38. The highest BCUT2D eigenvalue weighted by atomic mass is 16.2. The number of hydrogen-bond acceptors (Lipinski definition) is 4. The van der Waals surface area contributed by atoms with Gasteiger partial charge in [0.15, 0.2) is 17.3 Å². The highest BCUT2D eigenvalue weighted by molar-refractivity contribution is 6.49. The summed E-state index contributed by atoms with van der Waals surface area (Å²) >= 11 is 0. The lowest BCUT2D eigenvalue weighted by Gasteiger charge is -2.26. The Hall–Kier alpha value is -5.35.